The highest BCUT2D eigenvalue weighted by Gasteiger charge is 2.08. The minimum Gasteiger partial charge on any atom is -0.377 e. The molecule has 0 radical (unpaired) electrons. The van der Waals surface area contributed by atoms with E-state index in [0.717, 1.165) is 5.69 Å². The number of rotatable bonds is 4. The van der Waals surface area contributed by atoms with Crippen molar-refractivity contribution in [2.45, 2.75) is 13.1 Å². The van der Waals surface area contributed by atoms with Crippen molar-refractivity contribution in [2.24, 2.45) is 0 Å². The quantitative estimate of drug-likeness (QED) is 0.860. The molecule has 92 valence electrons. The molecule has 18 heavy (non-hydrogen) atoms. The smallest absolute Gasteiger partial charge is 0.284 e. The number of anilines is 1. The predicted octanol–water partition coefficient (Wildman–Crippen LogP) is 1.24. The predicted molar refractivity (Wildman–Crippen MR) is 68.9 cm³/mol. The second-order valence-corrected chi connectivity index (χ2v) is 4.18. The summed E-state index contributed by atoms with van der Waals surface area (Å²) < 4.78 is 6.29. The van der Waals surface area contributed by atoms with Gasteiger partial charge >= 0.3 is 0 Å². The average molecular weight is 309 g/mol. The Balaban J connectivity index is 2.17. The minimum atomic E-state index is -0.280. The lowest BCUT2D eigenvalue weighted by Gasteiger charge is -2.07. The molecule has 0 aliphatic carbocycles. The van der Waals surface area contributed by atoms with Crippen LogP contribution in [0.3, 0.4) is 0 Å². The Kier molecular flexibility index (Phi) is 3.79. The maximum Gasteiger partial charge on any atom is 0.284 e. The van der Waals surface area contributed by atoms with Crippen LogP contribution in [0.4, 0.5) is 5.69 Å². The third kappa shape index (κ3) is 2.60. The van der Waals surface area contributed by atoms with Crippen LogP contribution in [0, 0.1) is 12.3 Å². The van der Waals surface area contributed by atoms with Gasteiger partial charge in [0.05, 0.1) is 18.4 Å². The van der Waals surface area contributed by atoms with E-state index in [1.54, 1.807) is 6.07 Å². The van der Waals surface area contributed by atoms with Crippen LogP contribution in [-0.4, -0.2) is 14.9 Å². The van der Waals surface area contributed by atoms with Crippen LogP contribution < -0.4 is 10.9 Å². The van der Waals surface area contributed by atoms with Gasteiger partial charge in [-0.1, -0.05) is 11.1 Å². The zero-order valence-electron chi connectivity index (χ0n) is 9.26. The largest absolute Gasteiger partial charge is 0.377 e. The first-order valence-electron chi connectivity index (χ1n) is 5.04. The van der Waals surface area contributed by atoms with Crippen molar-refractivity contribution < 1.29 is 4.52 Å². The van der Waals surface area contributed by atoms with Crippen LogP contribution in [-0.2, 0) is 13.1 Å². The summed E-state index contributed by atoms with van der Waals surface area (Å²) in [5, 5.41) is 10.7. The zero-order chi connectivity index (χ0) is 13.0. The minimum absolute atomic E-state index is 0.140. The fourth-order valence-electron chi connectivity index (χ4n) is 1.30. The monoisotopic (exact) mass is 308 g/mol. The van der Waals surface area contributed by atoms with Crippen molar-refractivity contribution in [3.63, 3.8) is 0 Å². The van der Waals surface area contributed by atoms with Gasteiger partial charge in [0.25, 0.3) is 5.56 Å². The van der Waals surface area contributed by atoms with Gasteiger partial charge in [-0.05, 0) is 15.9 Å². The van der Waals surface area contributed by atoms with E-state index in [0.29, 0.717) is 16.7 Å². The molecule has 1 N–H and O–H groups in total. The van der Waals surface area contributed by atoms with E-state index in [-0.39, 0.29) is 12.1 Å². The number of hydrogen-bond donors (Lipinski definition) is 1. The van der Waals surface area contributed by atoms with Crippen molar-refractivity contribution >= 4 is 21.6 Å². The van der Waals surface area contributed by atoms with E-state index in [4.69, 9.17) is 10.9 Å². The average Bonchev–Trinajstić information content (AvgIpc) is 2.87. The molecule has 2 heterocycles. The number of nitrogens with one attached hydrogen (secondary N) is 1. The van der Waals surface area contributed by atoms with Crippen molar-refractivity contribution in [3.05, 3.63) is 39.0 Å². The first-order valence-corrected chi connectivity index (χ1v) is 5.84. The summed E-state index contributed by atoms with van der Waals surface area (Å²) >= 11 is 3.22. The van der Waals surface area contributed by atoms with Gasteiger partial charge in [0, 0.05) is 6.07 Å². The molecule has 0 fully saturated rings. The molecule has 0 saturated carbocycles. The number of terminal acetylenes is 1. The highest BCUT2D eigenvalue weighted by molar-refractivity contribution is 9.10. The topological polar surface area (TPSA) is 73.0 Å². The second-order valence-electron chi connectivity index (χ2n) is 3.38. The van der Waals surface area contributed by atoms with Gasteiger partial charge in [0.2, 0.25) is 0 Å². The lowest BCUT2D eigenvalue weighted by Crippen LogP contribution is -2.24. The fraction of sp³-hybridized carbons (Fsp3) is 0.182. The van der Waals surface area contributed by atoms with Gasteiger partial charge in [0.15, 0.2) is 0 Å². The zero-order valence-corrected chi connectivity index (χ0v) is 10.8. The summed E-state index contributed by atoms with van der Waals surface area (Å²) in [6.45, 7) is 0.580. The molecule has 0 atom stereocenters. The Morgan fingerprint density at radius 2 is 2.44 bits per heavy atom. The van der Waals surface area contributed by atoms with Crippen LogP contribution in [0.2, 0.25) is 0 Å². The molecule has 0 aliphatic rings. The Morgan fingerprint density at radius 3 is 3.11 bits per heavy atom. The van der Waals surface area contributed by atoms with Gasteiger partial charge in [-0.15, -0.1) is 6.42 Å². The van der Waals surface area contributed by atoms with Crippen LogP contribution in [0.15, 0.2) is 32.3 Å². The third-order valence-corrected chi connectivity index (χ3v) is 2.94. The molecule has 0 amide bonds. The molecule has 7 heteroatoms. The van der Waals surface area contributed by atoms with E-state index in [9.17, 15) is 4.79 Å². The molecule has 6 nitrogen and oxygen atoms in total. The van der Waals surface area contributed by atoms with Gasteiger partial charge < -0.3 is 9.84 Å². The standard InChI is InChI=1S/C11H9BrN4O2/c1-2-4-16-11(17)10(12)9(7-14-16)13-6-8-3-5-18-15-8/h1,3,5,7,13H,4,6H2. The molecule has 0 saturated heterocycles. The summed E-state index contributed by atoms with van der Waals surface area (Å²) in [4.78, 5) is 11.8. The second kappa shape index (κ2) is 5.51. The molecular weight excluding hydrogens is 300 g/mol. The van der Waals surface area contributed by atoms with E-state index in [1.807, 2.05) is 0 Å². The molecule has 2 rings (SSSR count). The van der Waals surface area contributed by atoms with Crippen LogP contribution in [0.5, 0.6) is 0 Å². The molecule has 0 bridgehead atoms. The van der Waals surface area contributed by atoms with Gasteiger partial charge in [-0.3, -0.25) is 4.79 Å². The Morgan fingerprint density at radius 1 is 1.61 bits per heavy atom. The molecule has 2 aromatic rings. The molecule has 2 aromatic heterocycles. The lowest BCUT2D eigenvalue weighted by atomic mass is 10.4. The number of nitrogens with zero attached hydrogens (tertiary/aromatic N) is 3. The number of aromatic nitrogens is 3. The summed E-state index contributed by atoms with van der Waals surface area (Å²) in [5.74, 6) is 2.36. The van der Waals surface area contributed by atoms with E-state index < -0.39 is 0 Å². The van der Waals surface area contributed by atoms with Crippen molar-refractivity contribution in [3.8, 4) is 12.3 Å². The molecule has 0 unspecified atom stereocenters. The fourth-order valence-corrected chi connectivity index (χ4v) is 1.75. The van der Waals surface area contributed by atoms with Crippen molar-refractivity contribution in [2.75, 3.05) is 5.32 Å². The Labute approximate surface area is 111 Å². The normalized spacial score (nSPS) is 10.0. The maximum atomic E-state index is 11.8. The highest BCUT2D eigenvalue weighted by atomic mass is 79.9. The molecule has 0 aliphatic heterocycles. The molecular formula is C11H9BrN4O2. The SMILES string of the molecule is C#CCn1ncc(NCc2ccon2)c(Br)c1=O. The molecule has 0 aromatic carbocycles. The summed E-state index contributed by atoms with van der Waals surface area (Å²) in [7, 11) is 0. The van der Waals surface area contributed by atoms with E-state index >= 15 is 0 Å². The van der Waals surface area contributed by atoms with Gasteiger partial charge in [0.1, 0.15) is 23.0 Å². The van der Waals surface area contributed by atoms with Crippen LogP contribution >= 0.6 is 15.9 Å². The summed E-state index contributed by atoms with van der Waals surface area (Å²) in [5.41, 5.74) is 1.03. The summed E-state index contributed by atoms with van der Waals surface area (Å²) in [6.07, 6.45) is 8.15. The summed E-state index contributed by atoms with van der Waals surface area (Å²) in [6, 6.07) is 1.73. The Bertz CT molecular complexity index is 627. The Hall–Kier alpha value is -2.07. The maximum absolute atomic E-state index is 11.8. The van der Waals surface area contributed by atoms with Crippen molar-refractivity contribution in [1.82, 2.24) is 14.9 Å². The van der Waals surface area contributed by atoms with Crippen LogP contribution in [0.25, 0.3) is 0 Å². The lowest BCUT2D eigenvalue weighted by molar-refractivity contribution is 0.412. The van der Waals surface area contributed by atoms with Crippen LogP contribution in [0.1, 0.15) is 5.69 Å². The van der Waals surface area contributed by atoms with Gasteiger partial charge in [-0.2, -0.15) is 5.10 Å². The van der Waals surface area contributed by atoms with Gasteiger partial charge in [-0.25, -0.2) is 4.68 Å². The number of halogens is 1. The third-order valence-electron chi connectivity index (χ3n) is 2.18. The van der Waals surface area contributed by atoms with E-state index in [1.165, 1.54) is 17.1 Å². The molecule has 0 spiro atoms. The number of hydrogen-bond acceptors (Lipinski definition) is 5. The van der Waals surface area contributed by atoms with E-state index in [2.05, 4.69) is 37.4 Å². The first kappa shape index (κ1) is 12.4. The first-order chi connectivity index (χ1) is 8.72. The van der Waals surface area contributed by atoms with Crippen molar-refractivity contribution in [1.29, 1.82) is 0 Å². The highest BCUT2D eigenvalue weighted by Crippen LogP contribution is 2.16.